The van der Waals surface area contributed by atoms with Gasteiger partial charge in [-0.2, -0.15) is 0 Å². The SMILES string of the molecule is Cc1ccc2sc(NCCC3CCCO3)nc2c1. The van der Waals surface area contributed by atoms with Crippen molar-refractivity contribution >= 4 is 26.7 Å². The summed E-state index contributed by atoms with van der Waals surface area (Å²) in [4.78, 5) is 4.60. The molecule has 1 aromatic heterocycles. The molecule has 1 saturated heterocycles. The Hall–Kier alpha value is -1.13. The summed E-state index contributed by atoms with van der Waals surface area (Å²) >= 11 is 1.73. The Labute approximate surface area is 111 Å². The quantitative estimate of drug-likeness (QED) is 0.914. The molecule has 3 rings (SSSR count). The van der Waals surface area contributed by atoms with Gasteiger partial charge in [0.25, 0.3) is 0 Å². The molecule has 2 aromatic rings. The zero-order chi connectivity index (χ0) is 12.4. The molecular weight excluding hydrogens is 244 g/mol. The van der Waals surface area contributed by atoms with Crippen molar-refractivity contribution in [1.29, 1.82) is 0 Å². The highest BCUT2D eigenvalue weighted by Gasteiger charge is 2.14. The third-order valence-corrected chi connectivity index (χ3v) is 4.30. The number of hydrogen-bond acceptors (Lipinski definition) is 4. The molecule has 0 amide bonds. The monoisotopic (exact) mass is 262 g/mol. The van der Waals surface area contributed by atoms with Gasteiger partial charge in [-0.3, -0.25) is 0 Å². The zero-order valence-electron chi connectivity index (χ0n) is 10.6. The fourth-order valence-electron chi connectivity index (χ4n) is 2.33. The van der Waals surface area contributed by atoms with Crippen LogP contribution >= 0.6 is 11.3 Å². The number of thiazole rings is 1. The van der Waals surface area contributed by atoms with Crippen molar-refractivity contribution in [2.45, 2.75) is 32.3 Å². The van der Waals surface area contributed by atoms with Gasteiger partial charge in [-0.25, -0.2) is 4.98 Å². The summed E-state index contributed by atoms with van der Waals surface area (Å²) in [5, 5.41) is 4.43. The average Bonchev–Trinajstić information content (AvgIpc) is 2.97. The van der Waals surface area contributed by atoms with E-state index in [4.69, 9.17) is 4.74 Å². The third-order valence-electron chi connectivity index (χ3n) is 3.31. The fraction of sp³-hybridized carbons (Fsp3) is 0.500. The number of rotatable bonds is 4. The van der Waals surface area contributed by atoms with Crippen LogP contribution in [0.1, 0.15) is 24.8 Å². The second-order valence-corrected chi connectivity index (χ2v) is 5.87. The van der Waals surface area contributed by atoms with Crippen molar-refractivity contribution in [3.63, 3.8) is 0 Å². The predicted molar refractivity (Wildman–Crippen MR) is 76.4 cm³/mol. The number of benzene rings is 1. The van der Waals surface area contributed by atoms with Gasteiger partial charge in [0, 0.05) is 13.2 Å². The molecule has 1 N–H and O–H groups in total. The molecule has 0 saturated carbocycles. The molecule has 0 radical (unpaired) electrons. The summed E-state index contributed by atoms with van der Waals surface area (Å²) in [5.41, 5.74) is 2.36. The average molecular weight is 262 g/mol. The van der Waals surface area contributed by atoms with E-state index in [9.17, 15) is 0 Å². The standard InChI is InChI=1S/C14H18N2OS/c1-10-4-5-13-12(9-10)16-14(18-13)15-7-6-11-3-2-8-17-11/h4-5,9,11H,2-3,6-8H2,1H3,(H,15,16). The van der Waals surface area contributed by atoms with Crippen LogP contribution in [0.5, 0.6) is 0 Å². The van der Waals surface area contributed by atoms with Crippen LogP contribution < -0.4 is 5.32 Å². The summed E-state index contributed by atoms with van der Waals surface area (Å²) in [7, 11) is 0. The van der Waals surface area contributed by atoms with Crippen LogP contribution in [0.2, 0.25) is 0 Å². The highest BCUT2D eigenvalue weighted by atomic mass is 32.1. The normalized spacial score (nSPS) is 19.5. The molecule has 3 nitrogen and oxygen atoms in total. The number of nitrogens with zero attached hydrogens (tertiary/aromatic N) is 1. The Balaban J connectivity index is 1.60. The van der Waals surface area contributed by atoms with Gasteiger partial charge >= 0.3 is 0 Å². The van der Waals surface area contributed by atoms with Crippen LogP contribution in [0.15, 0.2) is 18.2 Å². The number of hydrogen-bond donors (Lipinski definition) is 1. The number of anilines is 1. The molecular formula is C14H18N2OS. The van der Waals surface area contributed by atoms with Crippen LogP contribution in [0.3, 0.4) is 0 Å². The first-order valence-electron chi connectivity index (χ1n) is 6.54. The van der Waals surface area contributed by atoms with E-state index in [0.717, 1.165) is 30.2 Å². The highest BCUT2D eigenvalue weighted by molar-refractivity contribution is 7.22. The lowest BCUT2D eigenvalue weighted by Crippen LogP contribution is -2.12. The number of nitrogens with one attached hydrogen (secondary N) is 1. The predicted octanol–water partition coefficient (Wildman–Crippen LogP) is 3.59. The van der Waals surface area contributed by atoms with Gasteiger partial charge in [0.2, 0.25) is 0 Å². The minimum atomic E-state index is 0.453. The van der Waals surface area contributed by atoms with Gasteiger partial charge in [-0.05, 0) is 43.9 Å². The van der Waals surface area contributed by atoms with E-state index in [1.807, 2.05) is 0 Å². The molecule has 0 spiro atoms. The van der Waals surface area contributed by atoms with Crippen LogP contribution in [0.4, 0.5) is 5.13 Å². The van der Waals surface area contributed by atoms with Crippen LogP contribution in [-0.2, 0) is 4.74 Å². The van der Waals surface area contributed by atoms with Crippen molar-refractivity contribution in [2.75, 3.05) is 18.5 Å². The minimum Gasteiger partial charge on any atom is -0.378 e. The Kier molecular flexibility index (Phi) is 3.48. The summed E-state index contributed by atoms with van der Waals surface area (Å²) in [6, 6.07) is 6.42. The zero-order valence-corrected chi connectivity index (χ0v) is 11.4. The topological polar surface area (TPSA) is 34.1 Å². The van der Waals surface area contributed by atoms with Crippen molar-refractivity contribution in [2.24, 2.45) is 0 Å². The van der Waals surface area contributed by atoms with Crippen molar-refractivity contribution in [3.05, 3.63) is 23.8 Å². The molecule has 0 aliphatic carbocycles. The molecule has 96 valence electrons. The Morgan fingerprint density at radius 1 is 1.50 bits per heavy atom. The number of aryl methyl sites for hydroxylation is 1. The first-order valence-corrected chi connectivity index (χ1v) is 7.35. The van der Waals surface area contributed by atoms with Crippen molar-refractivity contribution in [1.82, 2.24) is 4.98 Å². The first-order chi connectivity index (χ1) is 8.81. The van der Waals surface area contributed by atoms with E-state index in [-0.39, 0.29) is 0 Å². The van der Waals surface area contributed by atoms with E-state index in [0.29, 0.717) is 6.10 Å². The number of aromatic nitrogens is 1. The number of ether oxygens (including phenoxy) is 1. The molecule has 1 fully saturated rings. The maximum atomic E-state index is 5.61. The fourth-order valence-corrected chi connectivity index (χ4v) is 3.20. The molecule has 18 heavy (non-hydrogen) atoms. The van der Waals surface area contributed by atoms with Gasteiger partial charge < -0.3 is 10.1 Å². The third kappa shape index (κ3) is 2.65. The largest absolute Gasteiger partial charge is 0.378 e. The molecule has 0 bridgehead atoms. The molecule has 2 heterocycles. The van der Waals surface area contributed by atoms with Gasteiger partial charge in [0.05, 0.1) is 16.3 Å². The van der Waals surface area contributed by atoms with E-state index < -0.39 is 0 Å². The molecule has 1 atom stereocenters. The summed E-state index contributed by atoms with van der Waals surface area (Å²) in [6.45, 7) is 3.98. The second-order valence-electron chi connectivity index (χ2n) is 4.84. The molecule has 1 aromatic carbocycles. The smallest absolute Gasteiger partial charge is 0.183 e. The maximum Gasteiger partial charge on any atom is 0.183 e. The van der Waals surface area contributed by atoms with Crippen LogP contribution in [-0.4, -0.2) is 24.2 Å². The van der Waals surface area contributed by atoms with Crippen molar-refractivity contribution < 1.29 is 4.74 Å². The second kappa shape index (κ2) is 5.24. The summed E-state index contributed by atoms with van der Waals surface area (Å²) in [6.07, 6.45) is 3.95. The van der Waals surface area contributed by atoms with Crippen LogP contribution in [0, 0.1) is 6.92 Å². The number of fused-ring (bicyclic) bond motifs is 1. The highest BCUT2D eigenvalue weighted by Crippen LogP contribution is 2.26. The summed E-state index contributed by atoms with van der Waals surface area (Å²) < 4.78 is 6.86. The van der Waals surface area contributed by atoms with Gasteiger partial charge in [0.15, 0.2) is 5.13 Å². The molecule has 1 unspecified atom stereocenters. The molecule has 1 aliphatic rings. The van der Waals surface area contributed by atoms with E-state index in [1.54, 1.807) is 11.3 Å². The van der Waals surface area contributed by atoms with Gasteiger partial charge in [0.1, 0.15) is 0 Å². The van der Waals surface area contributed by atoms with E-state index in [1.165, 1.54) is 23.1 Å². The van der Waals surface area contributed by atoms with E-state index in [2.05, 4.69) is 35.4 Å². The van der Waals surface area contributed by atoms with E-state index >= 15 is 0 Å². The minimum absolute atomic E-state index is 0.453. The molecule has 4 heteroatoms. The summed E-state index contributed by atoms with van der Waals surface area (Å²) in [5.74, 6) is 0. The lowest BCUT2D eigenvalue weighted by molar-refractivity contribution is 0.107. The maximum absolute atomic E-state index is 5.61. The molecule has 1 aliphatic heterocycles. The van der Waals surface area contributed by atoms with Crippen LogP contribution in [0.25, 0.3) is 10.2 Å². The first kappa shape index (κ1) is 11.9. The lowest BCUT2D eigenvalue weighted by atomic mass is 10.2. The Morgan fingerprint density at radius 3 is 3.28 bits per heavy atom. The lowest BCUT2D eigenvalue weighted by Gasteiger charge is -2.08. The van der Waals surface area contributed by atoms with Crippen molar-refractivity contribution in [3.8, 4) is 0 Å². The Morgan fingerprint density at radius 2 is 2.44 bits per heavy atom. The Bertz CT molecular complexity index is 532. The van der Waals surface area contributed by atoms with Gasteiger partial charge in [-0.1, -0.05) is 17.4 Å². The van der Waals surface area contributed by atoms with Gasteiger partial charge in [-0.15, -0.1) is 0 Å².